The van der Waals surface area contributed by atoms with Crippen LogP contribution in [0.25, 0.3) is 16.6 Å². The molecule has 10 heteroatoms. The topological polar surface area (TPSA) is 94.7 Å². The van der Waals surface area contributed by atoms with Gasteiger partial charge < -0.3 is 5.32 Å². The lowest BCUT2D eigenvalue weighted by molar-refractivity contribution is -0.116. The summed E-state index contributed by atoms with van der Waals surface area (Å²) in [7, 11) is 0. The summed E-state index contributed by atoms with van der Waals surface area (Å²) in [5.41, 5.74) is 1.54. The number of halogens is 2. The summed E-state index contributed by atoms with van der Waals surface area (Å²) in [6.45, 7) is 0.194. The van der Waals surface area contributed by atoms with E-state index in [1.165, 1.54) is 28.2 Å². The number of aryl methyl sites for hydroxylation is 1. The molecule has 0 bridgehead atoms. The predicted molar refractivity (Wildman–Crippen MR) is 113 cm³/mol. The average molecular weight is 474 g/mol. The molecule has 1 N–H and O–H groups in total. The molecule has 0 radical (unpaired) electrons. The molecule has 0 atom stereocenters. The van der Waals surface area contributed by atoms with Gasteiger partial charge in [0, 0.05) is 22.5 Å². The van der Waals surface area contributed by atoms with E-state index < -0.39 is 0 Å². The van der Waals surface area contributed by atoms with E-state index in [0.717, 1.165) is 4.47 Å². The number of fused-ring (bicyclic) bond motifs is 1. The van der Waals surface area contributed by atoms with Gasteiger partial charge in [-0.15, -0.1) is 0 Å². The van der Waals surface area contributed by atoms with Crippen LogP contribution in [-0.2, 0) is 11.3 Å². The summed E-state index contributed by atoms with van der Waals surface area (Å²) in [6, 6.07) is 10.4. The molecule has 4 rings (SSSR count). The molecule has 0 spiro atoms. The van der Waals surface area contributed by atoms with Crippen LogP contribution >= 0.6 is 27.5 Å². The lowest BCUT2D eigenvalue weighted by atomic mass is 10.2. The van der Waals surface area contributed by atoms with Gasteiger partial charge in [0.2, 0.25) is 5.91 Å². The maximum Gasteiger partial charge on any atom is 0.261 e. The van der Waals surface area contributed by atoms with E-state index in [1.54, 1.807) is 30.3 Å². The monoisotopic (exact) mass is 472 g/mol. The highest BCUT2D eigenvalue weighted by Crippen LogP contribution is 2.24. The summed E-state index contributed by atoms with van der Waals surface area (Å²) in [4.78, 5) is 33.3. The second-order valence-electron chi connectivity index (χ2n) is 6.20. The number of rotatable bonds is 5. The number of hydrogen-bond acceptors (Lipinski definition) is 5. The molecule has 2 aromatic heterocycles. The molecule has 2 aromatic carbocycles. The molecule has 0 unspecified atom stereocenters. The van der Waals surface area contributed by atoms with Crippen molar-refractivity contribution in [1.29, 1.82) is 0 Å². The number of nitrogens with zero attached hydrogens (tertiary/aromatic N) is 5. The van der Waals surface area contributed by atoms with Crippen LogP contribution < -0.4 is 10.9 Å². The third-order valence-corrected chi connectivity index (χ3v) is 4.99. The van der Waals surface area contributed by atoms with Crippen molar-refractivity contribution in [3.05, 3.63) is 75.2 Å². The van der Waals surface area contributed by atoms with Gasteiger partial charge in [-0.05, 0) is 36.4 Å². The van der Waals surface area contributed by atoms with E-state index in [1.807, 2.05) is 6.07 Å². The highest BCUT2D eigenvalue weighted by Gasteiger charge is 2.11. The second kappa shape index (κ2) is 8.14. The first-order valence-corrected chi connectivity index (χ1v) is 9.77. The first-order chi connectivity index (χ1) is 14.0. The Labute approximate surface area is 178 Å². The third kappa shape index (κ3) is 4.20. The molecule has 0 aliphatic rings. The van der Waals surface area contributed by atoms with Gasteiger partial charge in [-0.2, -0.15) is 5.10 Å². The molecule has 0 saturated carbocycles. The highest BCUT2D eigenvalue weighted by atomic mass is 79.9. The van der Waals surface area contributed by atoms with Crippen molar-refractivity contribution in [2.45, 2.75) is 13.0 Å². The van der Waals surface area contributed by atoms with Crippen LogP contribution in [0.2, 0.25) is 5.02 Å². The fourth-order valence-electron chi connectivity index (χ4n) is 2.87. The molecule has 8 nitrogen and oxygen atoms in total. The van der Waals surface area contributed by atoms with Gasteiger partial charge in [0.1, 0.15) is 12.7 Å². The average Bonchev–Trinajstić information content (AvgIpc) is 3.22. The van der Waals surface area contributed by atoms with E-state index in [4.69, 9.17) is 11.6 Å². The number of hydrogen-bond donors (Lipinski definition) is 1. The molecular weight excluding hydrogens is 460 g/mol. The van der Waals surface area contributed by atoms with Crippen molar-refractivity contribution in [2.24, 2.45) is 0 Å². The molecule has 2 heterocycles. The standard InChI is InChI=1S/C19H14BrClN6O2/c20-12-1-3-15-14(7-12)19(29)26(11-23-15)6-5-18(28)25-16-8-13(21)2-4-17(16)27-10-22-9-24-27/h1-4,7-11H,5-6H2,(H,25,28). The fourth-order valence-corrected chi connectivity index (χ4v) is 3.40. The van der Waals surface area contributed by atoms with Crippen molar-refractivity contribution >= 4 is 50.0 Å². The number of anilines is 1. The summed E-state index contributed by atoms with van der Waals surface area (Å²) in [5, 5.41) is 7.87. The zero-order valence-electron chi connectivity index (χ0n) is 14.9. The lowest BCUT2D eigenvalue weighted by Crippen LogP contribution is -2.24. The number of benzene rings is 2. The van der Waals surface area contributed by atoms with Gasteiger partial charge in [0.25, 0.3) is 5.56 Å². The van der Waals surface area contributed by atoms with Gasteiger partial charge in [0.05, 0.1) is 28.6 Å². The van der Waals surface area contributed by atoms with E-state index in [9.17, 15) is 9.59 Å². The van der Waals surface area contributed by atoms with Gasteiger partial charge in [-0.1, -0.05) is 27.5 Å². The van der Waals surface area contributed by atoms with Gasteiger partial charge in [-0.25, -0.2) is 14.6 Å². The van der Waals surface area contributed by atoms with Crippen molar-refractivity contribution < 1.29 is 4.79 Å². The molecule has 0 saturated heterocycles. The Morgan fingerprint density at radius 2 is 2.03 bits per heavy atom. The first kappa shape index (κ1) is 19.3. The molecule has 29 heavy (non-hydrogen) atoms. The minimum absolute atomic E-state index is 0.0877. The van der Waals surface area contributed by atoms with E-state index in [2.05, 4.69) is 36.3 Å². The Bertz CT molecular complexity index is 1260. The number of nitrogens with one attached hydrogen (secondary N) is 1. The minimum atomic E-state index is -0.269. The van der Waals surface area contributed by atoms with Crippen LogP contribution in [0.4, 0.5) is 5.69 Å². The Hall–Kier alpha value is -3.04. The quantitative estimate of drug-likeness (QED) is 0.479. The zero-order valence-corrected chi connectivity index (χ0v) is 17.3. The second-order valence-corrected chi connectivity index (χ2v) is 7.56. The minimum Gasteiger partial charge on any atom is -0.324 e. The molecule has 146 valence electrons. The van der Waals surface area contributed by atoms with Crippen molar-refractivity contribution in [3.8, 4) is 5.69 Å². The number of carbonyl (C=O) groups excluding carboxylic acids is 1. The van der Waals surface area contributed by atoms with Gasteiger partial charge >= 0.3 is 0 Å². The Morgan fingerprint density at radius 1 is 1.17 bits per heavy atom. The Balaban J connectivity index is 1.52. The third-order valence-electron chi connectivity index (χ3n) is 4.26. The lowest BCUT2D eigenvalue weighted by Gasteiger charge is -2.12. The largest absolute Gasteiger partial charge is 0.324 e. The van der Waals surface area contributed by atoms with Gasteiger partial charge in [-0.3, -0.25) is 14.2 Å². The van der Waals surface area contributed by atoms with Crippen LogP contribution in [-0.4, -0.2) is 30.2 Å². The van der Waals surface area contributed by atoms with Crippen LogP contribution in [0.5, 0.6) is 0 Å². The van der Waals surface area contributed by atoms with Crippen molar-refractivity contribution in [3.63, 3.8) is 0 Å². The SMILES string of the molecule is O=C(CCn1cnc2ccc(Br)cc2c1=O)Nc1cc(Cl)ccc1-n1cncn1. The van der Waals surface area contributed by atoms with Crippen molar-refractivity contribution in [1.82, 2.24) is 24.3 Å². The normalized spacial score (nSPS) is 11.0. The summed E-state index contributed by atoms with van der Waals surface area (Å²) in [6.07, 6.45) is 4.46. The van der Waals surface area contributed by atoms with Crippen LogP contribution in [0, 0.1) is 0 Å². The molecule has 0 aliphatic carbocycles. The van der Waals surface area contributed by atoms with E-state index >= 15 is 0 Å². The maximum atomic E-state index is 12.6. The zero-order chi connectivity index (χ0) is 20.4. The van der Waals surface area contributed by atoms with Gasteiger partial charge in [0.15, 0.2) is 0 Å². The van der Waals surface area contributed by atoms with Crippen LogP contribution in [0.3, 0.4) is 0 Å². The predicted octanol–water partition coefficient (Wildman–Crippen LogP) is 3.42. The Morgan fingerprint density at radius 3 is 2.83 bits per heavy atom. The molecule has 0 aliphatic heterocycles. The molecule has 0 fully saturated rings. The number of carbonyl (C=O) groups is 1. The summed E-state index contributed by atoms with van der Waals surface area (Å²) >= 11 is 9.43. The molecule has 4 aromatic rings. The summed E-state index contributed by atoms with van der Waals surface area (Å²) < 4.78 is 3.74. The Kier molecular flexibility index (Phi) is 5.41. The summed E-state index contributed by atoms with van der Waals surface area (Å²) in [5.74, 6) is -0.269. The maximum absolute atomic E-state index is 12.6. The number of aromatic nitrogens is 5. The number of amides is 1. The fraction of sp³-hybridized carbons (Fsp3) is 0.105. The molecule has 1 amide bonds. The van der Waals surface area contributed by atoms with Crippen LogP contribution in [0.15, 0.2) is 64.6 Å². The van der Waals surface area contributed by atoms with Crippen LogP contribution in [0.1, 0.15) is 6.42 Å². The first-order valence-electron chi connectivity index (χ1n) is 8.60. The smallest absolute Gasteiger partial charge is 0.261 e. The van der Waals surface area contributed by atoms with E-state index in [-0.39, 0.29) is 24.4 Å². The molecular formula is C19H14BrClN6O2. The van der Waals surface area contributed by atoms with E-state index in [0.29, 0.717) is 27.3 Å². The van der Waals surface area contributed by atoms with Crippen molar-refractivity contribution in [2.75, 3.05) is 5.32 Å². The highest BCUT2D eigenvalue weighted by molar-refractivity contribution is 9.10.